The van der Waals surface area contributed by atoms with Gasteiger partial charge in [-0.2, -0.15) is 0 Å². The summed E-state index contributed by atoms with van der Waals surface area (Å²) in [6, 6.07) is 3.50. The summed E-state index contributed by atoms with van der Waals surface area (Å²) in [5.74, 6) is -0.141. The Balaban J connectivity index is 1.72. The lowest BCUT2D eigenvalue weighted by molar-refractivity contribution is -0.128. The molecule has 2 amide bonds. The zero-order chi connectivity index (χ0) is 13.5. The molecule has 0 bridgehead atoms. The summed E-state index contributed by atoms with van der Waals surface area (Å²) in [5.41, 5.74) is 0.638. The Hall–Kier alpha value is -1.91. The van der Waals surface area contributed by atoms with Gasteiger partial charge in [-0.15, -0.1) is 0 Å². The van der Waals surface area contributed by atoms with Gasteiger partial charge in [0.05, 0.1) is 18.4 Å². The molecule has 0 radical (unpaired) electrons. The van der Waals surface area contributed by atoms with Crippen LogP contribution in [0.2, 0.25) is 0 Å². The highest BCUT2D eigenvalue weighted by atomic mass is 16.2. The molecule has 102 valence electrons. The van der Waals surface area contributed by atoms with Gasteiger partial charge >= 0.3 is 0 Å². The zero-order valence-corrected chi connectivity index (χ0v) is 10.9. The Morgan fingerprint density at radius 3 is 2.74 bits per heavy atom. The number of anilines is 1. The number of rotatable bonds is 4. The van der Waals surface area contributed by atoms with Crippen LogP contribution in [0.3, 0.4) is 0 Å². The fourth-order valence-electron chi connectivity index (χ4n) is 2.32. The minimum atomic E-state index is -0.225. The number of carbonyl (C=O) groups excluding carboxylic acids is 2. The highest BCUT2D eigenvalue weighted by Gasteiger charge is 2.21. The zero-order valence-electron chi connectivity index (χ0n) is 10.9. The van der Waals surface area contributed by atoms with E-state index in [2.05, 4.69) is 15.6 Å². The summed E-state index contributed by atoms with van der Waals surface area (Å²) in [6.45, 7) is 0.0181. The Kier molecular flexibility index (Phi) is 4.89. The number of nitrogens with zero attached hydrogens (tertiary/aromatic N) is 1. The first-order valence-electron chi connectivity index (χ1n) is 6.73. The van der Waals surface area contributed by atoms with Crippen molar-refractivity contribution in [3.63, 3.8) is 0 Å². The fraction of sp³-hybridized carbons (Fsp3) is 0.500. The van der Waals surface area contributed by atoms with Crippen molar-refractivity contribution in [2.45, 2.75) is 32.1 Å². The van der Waals surface area contributed by atoms with E-state index in [0.29, 0.717) is 5.69 Å². The molecule has 0 saturated heterocycles. The van der Waals surface area contributed by atoms with Gasteiger partial charge in [-0.3, -0.25) is 14.6 Å². The quantitative estimate of drug-likeness (QED) is 0.867. The molecule has 1 aliphatic rings. The number of carbonyl (C=O) groups is 2. The smallest absolute Gasteiger partial charge is 0.243 e. The Labute approximate surface area is 112 Å². The van der Waals surface area contributed by atoms with Gasteiger partial charge < -0.3 is 10.6 Å². The van der Waals surface area contributed by atoms with Crippen LogP contribution in [0.1, 0.15) is 32.1 Å². The highest BCUT2D eigenvalue weighted by Crippen LogP contribution is 2.23. The van der Waals surface area contributed by atoms with Crippen LogP contribution in [0.25, 0.3) is 0 Å². The van der Waals surface area contributed by atoms with Gasteiger partial charge in [-0.1, -0.05) is 19.3 Å². The van der Waals surface area contributed by atoms with E-state index in [1.54, 1.807) is 24.5 Å². The number of nitrogens with one attached hydrogen (secondary N) is 2. The van der Waals surface area contributed by atoms with E-state index >= 15 is 0 Å². The van der Waals surface area contributed by atoms with Crippen molar-refractivity contribution in [1.82, 2.24) is 10.3 Å². The molecule has 0 aromatic carbocycles. The van der Waals surface area contributed by atoms with E-state index in [1.165, 1.54) is 6.42 Å². The predicted molar refractivity (Wildman–Crippen MR) is 72.5 cm³/mol. The number of hydrogen-bond donors (Lipinski definition) is 2. The van der Waals surface area contributed by atoms with Crippen LogP contribution >= 0.6 is 0 Å². The van der Waals surface area contributed by atoms with Crippen LogP contribution in [0.15, 0.2) is 24.5 Å². The first-order valence-corrected chi connectivity index (χ1v) is 6.73. The molecular formula is C14H19N3O2. The second-order valence-corrected chi connectivity index (χ2v) is 4.84. The maximum absolute atomic E-state index is 11.9. The number of hydrogen-bond acceptors (Lipinski definition) is 3. The van der Waals surface area contributed by atoms with E-state index in [0.717, 1.165) is 25.7 Å². The molecule has 2 rings (SSSR count). The molecule has 2 N–H and O–H groups in total. The normalized spacial score (nSPS) is 15.8. The van der Waals surface area contributed by atoms with Gasteiger partial charge in [0.15, 0.2) is 0 Å². The molecule has 0 spiro atoms. The van der Waals surface area contributed by atoms with Crippen molar-refractivity contribution in [2.75, 3.05) is 11.9 Å². The molecule has 0 aliphatic heterocycles. The van der Waals surface area contributed by atoms with Crippen LogP contribution in [-0.4, -0.2) is 23.3 Å². The van der Waals surface area contributed by atoms with Crippen molar-refractivity contribution < 1.29 is 9.59 Å². The molecule has 1 heterocycles. The molecule has 1 aliphatic carbocycles. The van der Waals surface area contributed by atoms with Crippen LogP contribution in [0, 0.1) is 5.92 Å². The van der Waals surface area contributed by atoms with Crippen molar-refractivity contribution in [3.05, 3.63) is 24.5 Å². The monoisotopic (exact) mass is 261 g/mol. The largest absolute Gasteiger partial charge is 0.347 e. The van der Waals surface area contributed by atoms with Gasteiger partial charge in [0.2, 0.25) is 11.8 Å². The number of pyridine rings is 1. The third-order valence-corrected chi connectivity index (χ3v) is 3.34. The number of aromatic nitrogens is 1. The summed E-state index contributed by atoms with van der Waals surface area (Å²) < 4.78 is 0. The highest BCUT2D eigenvalue weighted by molar-refractivity contribution is 5.94. The molecule has 1 fully saturated rings. The average molecular weight is 261 g/mol. The average Bonchev–Trinajstić information content (AvgIpc) is 2.47. The van der Waals surface area contributed by atoms with Crippen LogP contribution in [0.5, 0.6) is 0 Å². The summed E-state index contributed by atoms with van der Waals surface area (Å²) in [6.07, 6.45) is 8.53. The minimum absolute atomic E-state index is 0.000960. The van der Waals surface area contributed by atoms with Crippen molar-refractivity contribution >= 4 is 17.5 Å². The fourth-order valence-corrected chi connectivity index (χ4v) is 2.32. The molecule has 0 unspecified atom stereocenters. The third-order valence-electron chi connectivity index (χ3n) is 3.34. The summed E-state index contributed by atoms with van der Waals surface area (Å²) >= 11 is 0. The predicted octanol–water partition coefficient (Wildman–Crippen LogP) is 1.72. The van der Waals surface area contributed by atoms with Crippen LogP contribution in [-0.2, 0) is 9.59 Å². The van der Waals surface area contributed by atoms with Crippen molar-refractivity contribution in [2.24, 2.45) is 5.92 Å². The van der Waals surface area contributed by atoms with E-state index in [1.807, 2.05) is 0 Å². The topological polar surface area (TPSA) is 71.1 Å². The summed E-state index contributed by atoms with van der Waals surface area (Å²) in [4.78, 5) is 27.4. The van der Waals surface area contributed by atoms with Gasteiger partial charge in [-0.25, -0.2) is 0 Å². The lowest BCUT2D eigenvalue weighted by Crippen LogP contribution is -2.37. The molecule has 1 aromatic heterocycles. The van der Waals surface area contributed by atoms with Gasteiger partial charge in [0.1, 0.15) is 0 Å². The van der Waals surface area contributed by atoms with Gasteiger partial charge in [0.25, 0.3) is 0 Å². The van der Waals surface area contributed by atoms with E-state index < -0.39 is 0 Å². The van der Waals surface area contributed by atoms with Crippen LogP contribution in [0.4, 0.5) is 5.69 Å². The lowest BCUT2D eigenvalue weighted by Gasteiger charge is -2.20. The SMILES string of the molecule is O=C(CNC(=O)C1CCCCC1)Nc1cccnc1. The minimum Gasteiger partial charge on any atom is -0.347 e. The first-order chi connectivity index (χ1) is 9.25. The van der Waals surface area contributed by atoms with Crippen molar-refractivity contribution in [3.8, 4) is 0 Å². The molecular weight excluding hydrogens is 242 g/mol. The molecule has 1 saturated carbocycles. The lowest BCUT2D eigenvalue weighted by atomic mass is 9.89. The molecule has 1 aromatic rings. The van der Waals surface area contributed by atoms with Gasteiger partial charge in [0, 0.05) is 12.1 Å². The molecule has 5 heteroatoms. The number of amides is 2. The van der Waals surface area contributed by atoms with E-state index in [-0.39, 0.29) is 24.3 Å². The molecule has 5 nitrogen and oxygen atoms in total. The Morgan fingerprint density at radius 2 is 2.05 bits per heavy atom. The second kappa shape index (κ2) is 6.87. The first kappa shape index (κ1) is 13.5. The Bertz CT molecular complexity index is 428. The third kappa shape index (κ3) is 4.35. The standard InChI is InChI=1S/C14H19N3O2/c18-13(17-12-7-4-8-15-9-12)10-16-14(19)11-5-2-1-3-6-11/h4,7-9,11H,1-3,5-6,10H2,(H,16,19)(H,17,18). The van der Waals surface area contributed by atoms with E-state index in [4.69, 9.17) is 0 Å². The van der Waals surface area contributed by atoms with Crippen molar-refractivity contribution in [1.29, 1.82) is 0 Å². The summed E-state index contributed by atoms with van der Waals surface area (Å²) in [5, 5.41) is 5.39. The maximum atomic E-state index is 11.9. The van der Waals surface area contributed by atoms with Crippen LogP contribution < -0.4 is 10.6 Å². The molecule has 19 heavy (non-hydrogen) atoms. The molecule has 0 atom stereocenters. The van der Waals surface area contributed by atoms with E-state index in [9.17, 15) is 9.59 Å². The Morgan fingerprint density at radius 1 is 1.26 bits per heavy atom. The van der Waals surface area contributed by atoms with Gasteiger partial charge in [-0.05, 0) is 25.0 Å². The second-order valence-electron chi connectivity index (χ2n) is 4.84. The summed E-state index contributed by atoms with van der Waals surface area (Å²) in [7, 11) is 0. The maximum Gasteiger partial charge on any atom is 0.243 e.